The Kier molecular flexibility index (Phi) is 6.16. The normalized spacial score (nSPS) is 13.3. The van der Waals surface area contributed by atoms with Crippen molar-refractivity contribution in [3.8, 4) is 0 Å². The Morgan fingerprint density at radius 2 is 1.81 bits per heavy atom. The first kappa shape index (κ1) is 17.0. The van der Waals surface area contributed by atoms with E-state index >= 15 is 0 Å². The maximum atomic E-state index is 11.8. The molecule has 1 aromatic heterocycles. The van der Waals surface area contributed by atoms with Gasteiger partial charge in [-0.1, -0.05) is 6.07 Å². The quantitative estimate of drug-likeness (QED) is 0.630. The molecule has 0 bridgehead atoms. The van der Waals surface area contributed by atoms with E-state index in [0.717, 1.165) is 0 Å². The lowest BCUT2D eigenvalue weighted by atomic mass is 10.2. The smallest absolute Gasteiger partial charge is 0.331 e. The number of rotatable bonds is 6. The van der Waals surface area contributed by atoms with E-state index < -0.39 is 24.1 Å². The summed E-state index contributed by atoms with van der Waals surface area (Å²) in [6, 6.07) is 0.688. The van der Waals surface area contributed by atoms with Crippen LogP contribution >= 0.6 is 11.3 Å². The maximum absolute atomic E-state index is 11.8. The highest BCUT2D eigenvalue weighted by molar-refractivity contribution is 7.10. The molecule has 0 aliphatic rings. The summed E-state index contributed by atoms with van der Waals surface area (Å²) in [6.07, 6.45) is 0. The molecule has 0 saturated carbocycles. The van der Waals surface area contributed by atoms with Gasteiger partial charge in [0.05, 0.1) is 0 Å². The second-order valence-corrected chi connectivity index (χ2v) is 5.77. The first-order valence-corrected chi connectivity index (χ1v) is 7.32. The number of carbonyl (C=O) groups is 3. The zero-order valence-corrected chi connectivity index (χ0v) is 12.9. The highest BCUT2D eigenvalue weighted by atomic mass is 32.1. The summed E-state index contributed by atoms with van der Waals surface area (Å²) < 4.78 is 0. The fraction of sp³-hybridized carbons (Fsp3) is 0.462. The molecule has 0 spiro atoms. The number of hydrogen-bond donors (Lipinski definition) is 4. The van der Waals surface area contributed by atoms with E-state index in [2.05, 4.69) is 16.0 Å². The highest BCUT2D eigenvalue weighted by Crippen LogP contribution is 2.18. The largest absolute Gasteiger partial charge is 0.479 e. The van der Waals surface area contributed by atoms with Crippen LogP contribution < -0.4 is 16.0 Å². The Bertz CT molecular complexity index is 502. The first-order chi connectivity index (χ1) is 9.81. The predicted molar refractivity (Wildman–Crippen MR) is 79.1 cm³/mol. The van der Waals surface area contributed by atoms with E-state index in [1.54, 1.807) is 17.5 Å². The molecule has 4 N–H and O–H groups in total. The summed E-state index contributed by atoms with van der Waals surface area (Å²) in [6.45, 7) is 5.14. The second kappa shape index (κ2) is 7.63. The topological polar surface area (TPSA) is 108 Å². The number of amides is 3. The van der Waals surface area contributed by atoms with Crippen LogP contribution in [0.3, 0.4) is 0 Å². The molecule has 0 saturated heterocycles. The van der Waals surface area contributed by atoms with Crippen molar-refractivity contribution in [1.82, 2.24) is 16.0 Å². The standard InChI is InChI=1S/C13H19N3O4S/c1-7(2)14-11(17)8(3)15-13(20)16-10(12(18)19)9-5-4-6-21-9/h4-8,10H,1-3H3,(H,14,17)(H,18,19)(H2,15,16,20). The number of urea groups is 1. The molecule has 2 atom stereocenters. The molecular formula is C13H19N3O4S. The fourth-order valence-corrected chi connectivity index (χ4v) is 2.32. The van der Waals surface area contributed by atoms with Crippen LogP contribution in [0.1, 0.15) is 31.7 Å². The van der Waals surface area contributed by atoms with Gasteiger partial charge >= 0.3 is 12.0 Å². The number of thiophene rings is 1. The Balaban J connectivity index is 2.59. The van der Waals surface area contributed by atoms with E-state index in [1.807, 2.05) is 13.8 Å². The van der Waals surface area contributed by atoms with Gasteiger partial charge < -0.3 is 21.1 Å². The van der Waals surface area contributed by atoms with Crippen LogP contribution in [-0.4, -0.2) is 35.1 Å². The molecule has 7 nitrogen and oxygen atoms in total. The van der Waals surface area contributed by atoms with Crippen molar-refractivity contribution >= 4 is 29.2 Å². The van der Waals surface area contributed by atoms with Gasteiger partial charge in [-0.2, -0.15) is 0 Å². The third kappa shape index (κ3) is 5.42. The molecule has 21 heavy (non-hydrogen) atoms. The number of nitrogens with one attached hydrogen (secondary N) is 3. The molecule has 0 radical (unpaired) electrons. The number of hydrogen-bond acceptors (Lipinski definition) is 4. The van der Waals surface area contributed by atoms with Gasteiger partial charge in [-0.15, -0.1) is 11.3 Å². The number of carboxylic acids is 1. The van der Waals surface area contributed by atoms with Crippen LogP contribution in [0.25, 0.3) is 0 Å². The maximum Gasteiger partial charge on any atom is 0.331 e. The average molecular weight is 313 g/mol. The van der Waals surface area contributed by atoms with Crippen LogP contribution in [0, 0.1) is 0 Å². The Labute approximate surface area is 126 Å². The Hall–Kier alpha value is -2.09. The van der Waals surface area contributed by atoms with Gasteiger partial charge in [0.15, 0.2) is 6.04 Å². The molecule has 0 aliphatic carbocycles. The molecule has 2 unspecified atom stereocenters. The fourth-order valence-electron chi connectivity index (χ4n) is 1.55. The van der Waals surface area contributed by atoms with Crippen molar-refractivity contribution in [3.63, 3.8) is 0 Å². The molecule has 1 rings (SSSR count). The van der Waals surface area contributed by atoms with Crippen molar-refractivity contribution in [1.29, 1.82) is 0 Å². The first-order valence-electron chi connectivity index (χ1n) is 6.45. The summed E-state index contributed by atoms with van der Waals surface area (Å²) in [5, 5.41) is 18.3. The van der Waals surface area contributed by atoms with Crippen molar-refractivity contribution in [2.24, 2.45) is 0 Å². The Morgan fingerprint density at radius 1 is 1.14 bits per heavy atom. The third-order valence-corrected chi connectivity index (χ3v) is 3.46. The molecule has 3 amide bonds. The lowest BCUT2D eigenvalue weighted by Crippen LogP contribution is -2.51. The van der Waals surface area contributed by atoms with Crippen molar-refractivity contribution in [2.75, 3.05) is 0 Å². The Morgan fingerprint density at radius 3 is 2.29 bits per heavy atom. The monoisotopic (exact) mass is 313 g/mol. The van der Waals surface area contributed by atoms with Crippen LogP contribution in [0.15, 0.2) is 17.5 Å². The minimum Gasteiger partial charge on any atom is -0.479 e. The predicted octanol–water partition coefficient (Wildman–Crippen LogP) is 1.09. The average Bonchev–Trinajstić information content (AvgIpc) is 2.88. The zero-order chi connectivity index (χ0) is 16.0. The van der Waals surface area contributed by atoms with E-state index in [4.69, 9.17) is 5.11 Å². The van der Waals surface area contributed by atoms with Crippen LogP contribution in [0.5, 0.6) is 0 Å². The summed E-state index contributed by atoms with van der Waals surface area (Å²) in [7, 11) is 0. The molecular weight excluding hydrogens is 294 g/mol. The zero-order valence-electron chi connectivity index (χ0n) is 12.0. The van der Waals surface area contributed by atoms with Crippen molar-refractivity contribution < 1.29 is 19.5 Å². The summed E-state index contributed by atoms with van der Waals surface area (Å²) in [5.74, 6) is -1.49. The van der Waals surface area contributed by atoms with Gasteiger partial charge in [-0.25, -0.2) is 9.59 Å². The van der Waals surface area contributed by atoms with E-state index in [0.29, 0.717) is 4.88 Å². The lowest BCUT2D eigenvalue weighted by Gasteiger charge is -2.18. The minimum absolute atomic E-state index is 0.0392. The molecule has 0 aliphatic heterocycles. The van der Waals surface area contributed by atoms with Gasteiger partial charge in [0, 0.05) is 10.9 Å². The molecule has 0 fully saturated rings. The van der Waals surface area contributed by atoms with Gasteiger partial charge in [0.25, 0.3) is 0 Å². The number of carboxylic acid groups (broad SMARTS) is 1. The lowest BCUT2D eigenvalue weighted by molar-refractivity contribution is -0.139. The third-order valence-electron chi connectivity index (χ3n) is 2.52. The molecule has 1 heterocycles. The van der Waals surface area contributed by atoms with E-state index in [9.17, 15) is 14.4 Å². The van der Waals surface area contributed by atoms with Crippen molar-refractivity contribution in [2.45, 2.75) is 38.9 Å². The van der Waals surface area contributed by atoms with Crippen LogP contribution in [-0.2, 0) is 9.59 Å². The highest BCUT2D eigenvalue weighted by Gasteiger charge is 2.24. The summed E-state index contributed by atoms with van der Waals surface area (Å²) in [5.41, 5.74) is 0. The van der Waals surface area contributed by atoms with Crippen LogP contribution in [0.2, 0.25) is 0 Å². The number of carbonyl (C=O) groups excluding carboxylic acids is 2. The van der Waals surface area contributed by atoms with E-state index in [-0.39, 0.29) is 11.9 Å². The summed E-state index contributed by atoms with van der Waals surface area (Å²) >= 11 is 1.23. The number of aliphatic carboxylic acids is 1. The minimum atomic E-state index is -1.16. The summed E-state index contributed by atoms with van der Waals surface area (Å²) in [4.78, 5) is 35.2. The van der Waals surface area contributed by atoms with Gasteiger partial charge in [-0.05, 0) is 32.2 Å². The van der Waals surface area contributed by atoms with Crippen LogP contribution in [0.4, 0.5) is 4.79 Å². The molecule has 116 valence electrons. The van der Waals surface area contributed by atoms with Gasteiger partial charge in [0.1, 0.15) is 6.04 Å². The van der Waals surface area contributed by atoms with E-state index in [1.165, 1.54) is 18.3 Å². The van der Waals surface area contributed by atoms with Gasteiger partial charge in [0.2, 0.25) is 5.91 Å². The molecule has 8 heteroatoms. The molecule has 0 aromatic carbocycles. The second-order valence-electron chi connectivity index (χ2n) is 4.79. The molecule has 1 aromatic rings. The van der Waals surface area contributed by atoms with Gasteiger partial charge in [-0.3, -0.25) is 4.79 Å². The van der Waals surface area contributed by atoms with Crippen molar-refractivity contribution in [3.05, 3.63) is 22.4 Å². The SMILES string of the molecule is CC(C)NC(=O)C(C)NC(=O)NC(C(=O)O)c1cccs1.